The summed E-state index contributed by atoms with van der Waals surface area (Å²) in [4.78, 5) is 24.4. The van der Waals surface area contributed by atoms with Crippen LogP contribution in [-0.2, 0) is 9.53 Å². The van der Waals surface area contributed by atoms with E-state index in [2.05, 4.69) is 12.2 Å². The van der Waals surface area contributed by atoms with Crippen LogP contribution in [0.1, 0.15) is 52.4 Å². The monoisotopic (exact) mass is 300 g/mol. The molecule has 1 saturated heterocycles. The molecule has 0 bridgehead atoms. The molecular weight excluding hydrogens is 272 g/mol. The quantitative estimate of drug-likeness (QED) is 0.720. The van der Waals surface area contributed by atoms with Crippen LogP contribution in [0.25, 0.3) is 0 Å². The Morgan fingerprint density at radius 1 is 1.48 bits per heavy atom. The lowest BCUT2D eigenvalue weighted by Gasteiger charge is -2.33. The predicted octanol–water partition coefficient (Wildman–Crippen LogP) is 2.23. The van der Waals surface area contributed by atoms with Crippen LogP contribution < -0.4 is 5.32 Å². The number of hydrogen-bond acceptors (Lipinski definition) is 3. The summed E-state index contributed by atoms with van der Waals surface area (Å²) < 4.78 is 5.72. The number of piperidine rings is 1. The Morgan fingerprint density at radius 3 is 2.90 bits per heavy atom. The first-order chi connectivity index (χ1) is 10.0. The van der Waals surface area contributed by atoms with Crippen LogP contribution in [0.2, 0.25) is 0 Å². The maximum Gasteiger partial charge on any atom is 0.317 e. The minimum Gasteiger partial charge on any atom is -0.481 e. The predicted molar refractivity (Wildman–Crippen MR) is 80.3 cm³/mol. The molecule has 0 aromatic rings. The van der Waals surface area contributed by atoms with Gasteiger partial charge < -0.3 is 20.1 Å². The summed E-state index contributed by atoms with van der Waals surface area (Å²) in [6.07, 6.45) is 4.53. The van der Waals surface area contributed by atoms with E-state index in [9.17, 15) is 9.59 Å². The number of carboxylic acids is 1. The van der Waals surface area contributed by atoms with Gasteiger partial charge in [0, 0.05) is 32.2 Å². The van der Waals surface area contributed by atoms with Crippen molar-refractivity contribution in [3.05, 3.63) is 0 Å². The lowest BCUT2D eigenvalue weighted by Crippen LogP contribution is -2.49. The van der Waals surface area contributed by atoms with Gasteiger partial charge in [0.05, 0.1) is 6.10 Å². The highest BCUT2D eigenvalue weighted by Gasteiger charge is 2.24. The van der Waals surface area contributed by atoms with Crippen molar-refractivity contribution in [2.45, 2.75) is 64.5 Å². The Bertz CT molecular complexity index is 336. The molecule has 0 radical (unpaired) electrons. The molecule has 122 valence electrons. The molecular formula is C15H28N2O4. The average molecular weight is 300 g/mol. The summed E-state index contributed by atoms with van der Waals surface area (Å²) in [6, 6.07) is -0.0728. The first-order valence-corrected chi connectivity index (χ1v) is 7.91. The third-order valence-electron chi connectivity index (χ3n) is 3.62. The molecule has 1 heterocycles. The number of nitrogens with one attached hydrogen (secondary N) is 1. The highest BCUT2D eigenvalue weighted by atomic mass is 16.5. The molecule has 1 aliphatic heterocycles. The molecule has 6 heteroatoms. The van der Waals surface area contributed by atoms with Gasteiger partial charge in [-0.1, -0.05) is 6.92 Å². The van der Waals surface area contributed by atoms with E-state index in [-0.39, 0.29) is 24.6 Å². The number of hydrogen-bond donors (Lipinski definition) is 2. The Labute approximate surface area is 126 Å². The Balaban J connectivity index is 2.28. The SMILES string of the molecule is CCCOC1CCCN(C(=O)NC(C)CCCC(=O)O)C1. The molecule has 0 spiro atoms. The Morgan fingerprint density at radius 2 is 2.24 bits per heavy atom. The minimum absolute atomic E-state index is 0.00575. The van der Waals surface area contributed by atoms with Crippen molar-refractivity contribution in [3.8, 4) is 0 Å². The molecule has 1 aliphatic rings. The van der Waals surface area contributed by atoms with Gasteiger partial charge in [-0.05, 0) is 39.0 Å². The fourth-order valence-corrected chi connectivity index (χ4v) is 2.48. The van der Waals surface area contributed by atoms with Crippen molar-refractivity contribution in [1.82, 2.24) is 10.2 Å². The van der Waals surface area contributed by atoms with Crippen molar-refractivity contribution in [1.29, 1.82) is 0 Å². The summed E-state index contributed by atoms with van der Waals surface area (Å²) >= 11 is 0. The van der Waals surface area contributed by atoms with E-state index in [0.29, 0.717) is 19.4 Å². The van der Waals surface area contributed by atoms with E-state index in [1.54, 1.807) is 4.90 Å². The molecule has 1 rings (SSSR count). The summed E-state index contributed by atoms with van der Waals surface area (Å²) in [5.74, 6) is -0.791. The number of likely N-dealkylation sites (tertiary alicyclic amines) is 1. The van der Waals surface area contributed by atoms with E-state index in [4.69, 9.17) is 9.84 Å². The molecule has 2 unspecified atom stereocenters. The molecule has 1 fully saturated rings. The largest absolute Gasteiger partial charge is 0.481 e. The van der Waals surface area contributed by atoms with Crippen LogP contribution in [0.15, 0.2) is 0 Å². The number of rotatable bonds is 8. The highest BCUT2D eigenvalue weighted by Crippen LogP contribution is 2.14. The zero-order valence-electron chi connectivity index (χ0n) is 13.1. The van der Waals surface area contributed by atoms with Gasteiger partial charge >= 0.3 is 12.0 Å². The van der Waals surface area contributed by atoms with Gasteiger partial charge in [-0.25, -0.2) is 4.79 Å². The maximum absolute atomic E-state index is 12.2. The van der Waals surface area contributed by atoms with Gasteiger partial charge in [-0.15, -0.1) is 0 Å². The first kappa shape index (κ1) is 17.8. The van der Waals surface area contributed by atoms with Gasteiger partial charge in [0.15, 0.2) is 0 Å². The fraction of sp³-hybridized carbons (Fsp3) is 0.867. The zero-order valence-corrected chi connectivity index (χ0v) is 13.1. The van der Waals surface area contributed by atoms with Gasteiger partial charge in [0.25, 0.3) is 0 Å². The maximum atomic E-state index is 12.2. The summed E-state index contributed by atoms with van der Waals surface area (Å²) in [5.41, 5.74) is 0. The first-order valence-electron chi connectivity index (χ1n) is 7.91. The lowest BCUT2D eigenvalue weighted by atomic mass is 10.1. The normalized spacial score (nSPS) is 20.1. The summed E-state index contributed by atoms with van der Waals surface area (Å²) in [6.45, 7) is 6.14. The van der Waals surface area contributed by atoms with Crippen molar-refractivity contribution >= 4 is 12.0 Å². The second-order valence-electron chi connectivity index (χ2n) is 5.72. The zero-order chi connectivity index (χ0) is 15.7. The van der Waals surface area contributed by atoms with Gasteiger partial charge in [-0.2, -0.15) is 0 Å². The Hall–Kier alpha value is -1.30. The fourth-order valence-electron chi connectivity index (χ4n) is 2.48. The van der Waals surface area contributed by atoms with Crippen LogP contribution in [0.3, 0.4) is 0 Å². The number of carboxylic acid groups (broad SMARTS) is 1. The van der Waals surface area contributed by atoms with Crippen molar-refractivity contribution in [2.24, 2.45) is 0 Å². The number of urea groups is 1. The average Bonchev–Trinajstić information content (AvgIpc) is 2.45. The van der Waals surface area contributed by atoms with Crippen molar-refractivity contribution in [2.75, 3.05) is 19.7 Å². The van der Waals surface area contributed by atoms with E-state index in [0.717, 1.165) is 32.4 Å². The lowest BCUT2D eigenvalue weighted by molar-refractivity contribution is -0.137. The smallest absolute Gasteiger partial charge is 0.317 e. The van der Waals surface area contributed by atoms with E-state index in [1.807, 2.05) is 6.92 Å². The van der Waals surface area contributed by atoms with E-state index >= 15 is 0 Å². The molecule has 0 aliphatic carbocycles. The number of ether oxygens (including phenoxy) is 1. The summed E-state index contributed by atoms with van der Waals surface area (Å²) in [7, 11) is 0. The molecule has 21 heavy (non-hydrogen) atoms. The molecule has 2 atom stereocenters. The topological polar surface area (TPSA) is 78.9 Å². The molecule has 0 saturated carbocycles. The number of nitrogens with zero attached hydrogens (tertiary/aromatic N) is 1. The second kappa shape index (κ2) is 9.60. The van der Waals surface area contributed by atoms with Crippen LogP contribution in [0.5, 0.6) is 0 Å². The summed E-state index contributed by atoms with van der Waals surface area (Å²) in [5, 5.41) is 11.5. The van der Waals surface area contributed by atoms with Gasteiger partial charge in [0.2, 0.25) is 0 Å². The highest BCUT2D eigenvalue weighted by molar-refractivity contribution is 5.74. The number of carbonyl (C=O) groups excluding carboxylic acids is 1. The minimum atomic E-state index is -0.791. The third-order valence-corrected chi connectivity index (χ3v) is 3.62. The second-order valence-corrected chi connectivity index (χ2v) is 5.72. The number of aliphatic carboxylic acids is 1. The number of carbonyl (C=O) groups is 2. The molecule has 6 nitrogen and oxygen atoms in total. The third kappa shape index (κ3) is 7.32. The van der Waals surface area contributed by atoms with Crippen LogP contribution in [-0.4, -0.2) is 53.8 Å². The molecule has 0 aromatic heterocycles. The van der Waals surface area contributed by atoms with Crippen molar-refractivity contribution in [3.63, 3.8) is 0 Å². The molecule has 2 N–H and O–H groups in total. The van der Waals surface area contributed by atoms with E-state index in [1.165, 1.54) is 0 Å². The molecule has 2 amide bonds. The van der Waals surface area contributed by atoms with Gasteiger partial charge in [-0.3, -0.25) is 4.79 Å². The van der Waals surface area contributed by atoms with Crippen molar-refractivity contribution < 1.29 is 19.4 Å². The van der Waals surface area contributed by atoms with E-state index < -0.39 is 5.97 Å². The van der Waals surface area contributed by atoms with Crippen LogP contribution in [0, 0.1) is 0 Å². The van der Waals surface area contributed by atoms with Crippen LogP contribution >= 0.6 is 0 Å². The Kier molecular flexibility index (Phi) is 8.12. The molecule has 0 aromatic carbocycles. The van der Waals surface area contributed by atoms with Gasteiger partial charge in [0.1, 0.15) is 0 Å². The standard InChI is InChI=1S/C15H28N2O4/c1-3-10-21-13-7-5-9-17(11-13)15(20)16-12(2)6-4-8-14(18)19/h12-13H,3-11H2,1-2H3,(H,16,20)(H,18,19). The van der Waals surface area contributed by atoms with Crippen LogP contribution in [0.4, 0.5) is 4.79 Å². The number of amides is 2.